The first-order valence-electron chi connectivity index (χ1n) is 9.11. The maximum absolute atomic E-state index is 13.8. The third-order valence-electron chi connectivity index (χ3n) is 4.92. The molecule has 1 atom stereocenters. The number of nitrogens with zero attached hydrogens (tertiary/aromatic N) is 2. The minimum atomic E-state index is -3.67. The third-order valence-corrected chi connectivity index (χ3v) is 6.11. The van der Waals surface area contributed by atoms with Crippen LogP contribution in [0.25, 0.3) is 0 Å². The second-order valence-corrected chi connectivity index (χ2v) is 9.73. The zero-order valence-electron chi connectivity index (χ0n) is 16.0. The lowest BCUT2D eigenvalue weighted by Gasteiger charge is -2.38. The normalized spacial score (nSPS) is 20.4. The molecule has 2 aliphatic heterocycles. The van der Waals surface area contributed by atoms with Crippen molar-refractivity contribution in [2.45, 2.75) is 22.3 Å². The van der Waals surface area contributed by atoms with Crippen LogP contribution in [0.1, 0.15) is 17.2 Å². The van der Waals surface area contributed by atoms with Crippen LogP contribution in [0.4, 0.5) is 4.39 Å². The number of benzene rings is 2. The zero-order valence-corrected chi connectivity index (χ0v) is 17.6. The van der Waals surface area contributed by atoms with Gasteiger partial charge in [-0.1, -0.05) is 36.0 Å². The molecule has 8 heteroatoms. The van der Waals surface area contributed by atoms with Crippen molar-refractivity contribution in [2.75, 3.05) is 39.5 Å². The van der Waals surface area contributed by atoms with Gasteiger partial charge in [-0.05, 0) is 42.8 Å². The molecule has 2 aromatic rings. The van der Waals surface area contributed by atoms with Crippen molar-refractivity contribution in [1.82, 2.24) is 9.80 Å². The van der Waals surface area contributed by atoms with Gasteiger partial charge in [0.2, 0.25) is 0 Å². The molecule has 28 heavy (non-hydrogen) atoms. The standard InChI is InChI=1S/C19H21FN2S.CH4O3S/c1-21-8-10-22(11-9-21)17-12-14-4-2-3-5-18(14)23-19-13-15(20)6-7-16(17)19;1-5(2,3)4/h2-7,13,17H,8-12H2,1H3;1H3,(H,2,3,4). The topological polar surface area (TPSA) is 60.9 Å². The molecule has 1 fully saturated rings. The van der Waals surface area contributed by atoms with Crippen molar-refractivity contribution in [2.24, 2.45) is 0 Å². The predicted molar refractivity (Wildman–Crippen MR) is 110 cm³/mol. The van der Waals surface area contributed by atoms with Gasteiger partial charge in [-0.3, -0.25) is 9.45 Å². The molecular formula is C20H25FN2O3S2. The maximum atomic E-state index is 13.8. The van der Waals surface area contributed by atoms with E-state index in [1.165, 1.54) is 16.0 Å². The Bertz CT molecular complexity index is 921. The average Bonchev–Trinajstić information content (AvgIpc) is 2.77. The summed E-state index contributed by atoms with van der Waals surface area (Å²) in [6, 6.07) is 14.2. The molecule has 2 heterocycles. The molecule has 0 aliphatic carbocycles. The van der Waals surface area contributed by atoms with Crippen molar-refractivity contribution < 1.29 is 17.4 Å². The van der Waals surface area contributed by atoms with Crippen LogP contribution in [-0.4, -0.2) is 62.3 Å². The smallest absolute Gasteiger partial charge is 0.261 e. The highest BCUT2D eigenvalue weighted by atomic mass is 32.2. The van der Waals surface area contributed by atoms with Gasteiger partial charge in [0.1, 0.15) is 5.82 Å². The predicted octanol–water partition coefficient (Wildman–Crippen LogP) is 3.33. The van der Waals surface area contributed by atoms with E-state index in [0.29, 0.717) is 12.3 Å². The quantitative estimate of drug-likeness (QED) is 0.709. The molecule has 1 unspecified atom stereocenters. The fraction of sp³-hybridized carbons (Fsp3) is 0.400. The average molecular weight is 425 g/mol. The Morgan fingerprint density at radius 2 is 1.71 bits per heavy atom. The van der Waals surface area contributed by atoms with E-state index >= 15 is 0 Å². The molecule has 152 valence electrons. The number of likely N-dealkylation sites (N-methyl/N-ethyl adjacent to an activating group) is 1. The maximum Gasteiger partial charge on any atom is 0.261 e. The Labute approximate surface area is 170 Å². The van der Waals surface area contributed by atoms with Crippen molar-refractivity contribution in [3.63, 3.8) is 0 Å². The second kappa shape index (κ2) is 8.92. The Kier molecular flexibility index (Phi) is 6.77. The first-order chi connectivity index (χ1) is 13.2. The van der Waals surface area contributed by atoms with Crippen molar-refractivity contribution in [1.29, 1.82) is 0 Å². The largest absolute Gasteiger partial charge is 0.304 e. The fourth-order valence-electron chi connectivity index (χ4n) is 3.54. The summed E-state index contributed by atoms with van der Waals surface area (Å²) in [5.74, 6) is -0.146. The third kappa shape index (κ3) is 5.78. The summed E-state index contributed by atoms with van der Waals surface area (Å²) in [4.78, 5) is 7.27. The van der Waals surface area contributed by atoms with Crippen LogP contribution >= 0.6 is 11.8 Å². The minimum Gasteiger partial charge on any atom is -0.304 e. The van der Waals surface area contributed by atoms with Crippen LogP contribution in [0.5, 0.6) is 0 Å². The first-order valence-corrected chi connectivity index (χ1v) is 11.8. The van der Waals surface area contributed by atoms with Crippen LogP contribution in [0, 0.1) is 5.82 Å². The summed E-state index contributed by atoms with van der Waals surface area (Å²) in [5, 5.41) is 0. The first kappa shape index (κ1) is 21.3. The molecule has 1 saturated heterocycles. The molecule has 0 aromatic heterocycles. The minimum absolute atomic E-state index is 0.146. The van der Waals surface area contributed by atoms with Crippen LogP contribution < -0.4 is 0 Å². The Morgan fingerprint density at radius 1 is 1.07 bits per heavy atom. The molecule has 2 aromatic carbocycles. The summed E-state index contributed by atoms with van der Waals surface area (Å²) >= 11 is 1.71. The molecule has 0 radical (unpaired) electrons. The summed E-state index contributed by atoms with van der Waals surface area (Å²) in [7, 11) is -1.49. The van der Waals surface area contributed by atoms with Gasteiger partial charge in [-0.2, -0.15) is 8.42 Å². The van der Waals surface area contributed by atoms with E-state index in [4.69, 9.17) is 4.55 Å². The van der Waals surface area contributed by atoms with Crippen molar-refractivity contribution in [3.05, 3.63) is 59.4 Å². The molecule has 4 rings (SSSR count). The monoisotopic (exact) mass is 424 g/mol. The highest BCUT2D eigenvalue weighted by Crippen LogP contribution is 2.43. The number of hydrogen-bond acceptors (Lipinski definition) is 5. The van der Waals surface area contributed by atoms with E-state index in [1.807, 2.05) is 6.07 Å². The number of hydrogen-bond donors (Lipinski definition) is 1. The van der Waals surface area contributed by atoms with Crippen LogP contribution in [0.15, 0.2) is 52.3 Å². The van der Waals surface area contributed by atoms with Crippen LogP contribution in [0.3, 0.4) is 0 Å². The van der Waals surface area contributed by atoms with Gasteiger partial charge < -0.3 is 4.90 Å². The Hall–Kier alpha value is -1.45. The van der Waals surface area contributed by atoms with Crippen LogP contribution in [-0.2, 0) is 16.5 Å². The van der Waals surface area contributed by atoms with E-state index in [9.17, 15) is 12.8 Å². The zero-order chi connectivity index (χ0) is 20.3. The van der Waals surface area contributed by atoms with Crippen molar-refractivity contribution in [3.8, 4) is 0 Å². The second-order valence-electron chi connectivity index (χ2n) is 7.18. The molecule has 1 N–H and O–H groups in total. The van der Waals surface area contributed by atoms with Gasteiger partial charge in [0.05, 0.1) is 6.26 Å². The Balaban J connectivity index is 0.000000403. The Morgan fingerprint density at radius 3 is 2.39 bits per heavy atom. The number of fused-ring (bicyclic) bond motifs is 2. The molecule has 0 bridgehead atoms. The molecule has 0 amide bonds. The lowest BCUT2D eigenvalue weighted by molar-refractivity contribution is 0.110. The molecule has 5 nitrogen and oxygen atoms in total. The van der Waals surface area contributed by atoms with E-state index in [1.54, 1.807) is 23.9 Å². The summed E-state index contributed by atoms with van der Waals surface area (Å²) in [6.45, 7) is 4.35. The number of halogens is 1. The van der Waals surface area contributed by atoms with E-state index < -0.39 is 10.1 Å². The van der Waals surface area contributed by atoms with Gasteiger partial charge >= 0.3 is 0 Å². The molecule has 2 aliphatic rings. The summed E-state index contributed by atoms with van der Waals surface area (Å²) in [6.07, 6.45) is 1.72. The summed E-state index contributed by atoms with van der Waals surface area (Å²) < 4.78 is 39.7. The van der Waals surface area contributed by atoms with Crippen LogP contribution in [0.2, 0.25) is 0 Å². The van der Waals surface area contributed by atoms with Gasteiger partial charge in [0.25, 0.3) is 10.1 Å². The lowest BCUT2D eigenvalue weighted by Crippen LogP contribution is -2.46. The van der Waals surface area contributed by atoms with Gasteiger partial charge in [-0.25, -0.2) is 4.39 Å². The highest BCUT2D eigenvalue weighted by Gasteiger charge is 2.29. The van der Waals surface area contributed by atoms with Crippen molar-refractivity contribution >= 4 is 21.9 Å². The van der Waals surface area contributed by atoms with E-state index in [-0.39, 0.29) is 5.82 Å². The summed E-state index contributed by atoms with van der Waals surface area (Å²) in [5.41, 5.74) is 2.65. The SMILES string of the molecule is CN1CCN(C2Cc3ccccc3Sc3cc(F)ccc32)CC1.CS(=O)(=O)O. The highest BCUT2D eigenvalue weighted by molar-refractivity contribution is 7.99. The van der Waals surface area contributed by atoms with Gasteiger partial charge in [0.15, 0.2) is 0 Å². The molecule has 0 spiro atoms. The van der Waals surface area contributed by atoms with Gasteiger partial charge in [-0.15, -0.1) is 0 Å². The molecular weight excluding hydrogens is 399 g/mol. The number of rotatable bonds is 1. The van der Waals surface area contributed by atoms with E-state index in [0.717, 1.165) is 37.5 Å². The molecule has 0 saturated carbocycles. The fourth-order valence-corrected chi connectivity index (χ4v) is 4.70. The van der Waals surface area contributed by atoms with E-state index in [2.05, 4.69) is 41.1 Å². The number of piperazine rings is 1. The lowest BCUT2D eigenvalue weighted by atomic mass is 9.96. The van der Waals surface area contributed by atoms with Gasteiger partial charge in [0, 0.05) is 42.0 Å².